The molecule has 9 nitrogen and oxygen atoms in total. The van der Waals surface area contributed by atoms with Gasteiger partial charge in [0.1, 0.15) is 24.4 Å². The monoisotopic (exact) mass is 248 g/mol. The maximum atomic E-state index is 11.5. The summed E-state index contributed by atoms with van der Waals surface area (Å²) in [5.41, 5.74) is -2.18. The van der Waals surface area contributed by atoms with Crippen molar-refractivity contribution in [3.05, 3.63) is 0 Å². The van der Waals surface area contributed by atoms with Crippen molar-refractivity contribution in [1.29, 1.82) is 0 Å². The molecule has 2 rings (SSSR count). The Labute approximate surface area is 95.0 Å². The van der Waals surface area contributed by atoms with Crippen LogP contribution in [0.2, 0.25) is 0 Å². The molecule has 17 heavy (non-hydrogen) atoms. The second-order valence-electron chi connectivity index (χ2n) is 3.91. The number of rotatable bonds is 1. The van der Waals surface area contributed by atoms with Crippen molar-refractivity contribution in [3.8, 4) is 0 Å². The molecule has 0 radical (unpaired) electrons. The lowest BCUT2D eigenvalue weighted by molar-refractivity contribution is -0.267. The average molecular weight is 248 g/mol. The fourth-order valence-electron chi connectivity index (χ4n) is 1.91. The van der Waals surface area contributed by atoms with Crippen molar-refractivity contribution >= 4 is 11.9 Å². The molecule has 9 heteroatoms. The highest BCUT2D eigenvalue weighted by atomic mass is 16.6. The Morgan fingerprint density at radius 1 is 1.24 bits per heavy atom. The first-order valence-corrected chi connectivity index (χ1v) is 4.89. The number of aliphatic hydroxyl groups excluding tert-OH is 4. The van der Waals surface area contributed by atoms with Crippen molar-refractivity contribution < 1.29 is 34.8 Å². The predicted molar refractivity (Wildman–Crippen MR) is 49.4 cm³/mol. The van der Waals surface area contributed by atoms with Gasteiger partial charge in [-0.1, -0.05) is 0 Å². The summed E-state index contributed by atoms with van der Waals surface area (Å²) >= 11 is 0. The van der Waals surface area contributed by atoms with E-state index in [4.69, 9.17) is 9.84 Å². The highest BCUT2D eigenvalue weighted by molar-refractivity contribution is 6.06. The molecule has 0 saturated carbocycles. The average Bonchev–Trinajstić information content (AvgIpc) is 2.57. The van der Waals surface area contributed by atoms with E-state index in [1.54, 1.807) is 0 Å². The number of urea groups is 1. The number of hydrogen-bond donors (Lipinski definition) is 6. The molecule has 96 valence electrons. The van der Waals surface area contributed by atoms with E-state index < -0.39 is 48.7 Å². The number of imide groups is 1. The van der Waals surface area contributed by atoms with Crippen LogP contribution in [0.15, 0.2) is 0 Å². The van der Waals surface area contributed by atoms with Crippen molar-refractivity contribution in [2.24, 2.45) is 0 Å². The van der Waals surface area contributed by atoms with E-state index in [9.17, 15) is 24.9 Å². The lowest BCUT2D eigenvalue weighted by atomic mass is 9.90. The van der Waals surface area contributed by atoms with Gasteiger partial charge in [0.25, 0.3) is 11.6 Å². The van der Waals surface area contributed by atoms with Gasteiger partial charge < -0.3 is 25.2 Å². The van der Waals surface area contributed by atoms with Gasteiger partial charge in [0.15, 0.2) is 0 Å². The van der Waals surface area contributed by atoms with Gasteiger partial charge in [-0.05, 0) is 0 Å². The molecule has 0 aromatic carbocycles. The van der Waals surface area contributed by atoms with E-state index in [1.165, 1.54) is 0 Å². The molecule has 3 amide bonds. The summed E-state index contributed by atoms with van der Waals surface area (Å²) in [7, 11) is 0. The van der Waals surface area contributed by atoms with Gasteiger partial charge in [0.2, 0.25) is 0 Å². The highest BCUT2D eigenvalue weighted by Crippen LogP contribution is 2.30. The molecule has 2 saturated heterocycles. The van der Waals surface area contributed by atoms with Crippen LogP contribution in [0.4, 0.5) is 4.79 Å². The zero-order valence-corrected chi connectivity index (χ0v) is 8.53. The van der Waals surface area contributed by atoms with Crippen LogP contribution >= 0.6 is 0 Å². The maximum Gasteiger partial charge on any atom is 0.324 e. The standard InChI is InChI=1S/C8H12N2O7/c11-1-2-3(12)4(13)5(14)8(17-2)6(15)9-7(16)10-8/h2-5,11-14H,1H2,(H2,9,10,15,16)/t2-,3+,4+,5-,8-/m1/s1. The Balaban J connectivity index is 2.34. The first-order chi connectivity index (χ1) is 7.92. The van der Waals surface area contributed by atoms with Crippen LogP contribution in [-0.2, 0) is 9.53 Å². The minimum absolute atomic E-state index is 0.685. The van der Waals surface area contributed by atoms with E-state index >= 15 is 0 Å². The van der Waals surface area contributed by atoms with E-state index in [0.717, 1.165) is 0 Å². The van der Waals surface area contributed by atoms with E-state index in [0.29, 0.717) is 0 Å². The van der Waals surface area contributed by atoms with Crippen LogP contribution in [0.3, 0.4) is 0 Å². The molecule has 0 unspecified atom stereocenters. The van der Waals surface area contributed by atoms with Gasteiger partial charge in [-0.2, -0.15) is 0 Å². The summed E-state index contributed by atoms with van der Waals surface area (Å²) < 4.78 is 5.01. The number of carbonyl (C=O) groups is 2. The summed E-state index contributed by atoms with van der Waals surface area (Å²) in [6, 6.07) is -0.894. The molecule has 1 spiro atoms. The first-order valence-electron chi connectivity index (χ1n) is 4.89. The minimum Gasteiger partial charge on any atom is -0.394 e. The smallest absolute Gasteiger partial charge is 0.324 e. The molecule has 0 aliphatic carbocycles. The third kappa shape index (κ3) is 1.59. The van der Waals surface area contributed by atoms with Gasteiger partial charge >= 0.3 is 6.03 Å². The summed E-state index contributed by atoms with van der Waals surface area (Å²) in [4.78, 5) is 22.5. The zero-order chi connectivity index (χ0) is 12.8. The van der Waals surface area contributed by atoms with Crippen molar-refractivity contribution in [3.63, 3.8) is 0 Å². The molecule has 5 atom stereocenters. The van der Waals surface area contributed by atoms with E-state index in [2.05, 4.69) is 0 Å². The summed E-state index contributed by atoms with van der Waals surface area (Å²) in [5, 5.41) is 41.5. The molecule has 2 aliphatic heterocycles. The number of ether oxygens (including phenoxy) is 1. The third-order valence-electron chi connectivity index (χ3n) is 2.85. The van der Waals surface area contributed by atoms with Gasteiger partial charge in [-0.15, -0.1) is 0 Å². The van der Waals surface area contributed by atoms with E-state index in [-0.39, 0.29) is 0 Å². The number of carbonyl (C=O) groups excluding carboxylic acids is 2. The van der Waals surface area contributed by atoms with Crippen LogP contribution in [0.25, 0.3) is 0 Å². The van der Waals surface area contributed by atoms with Gasteiger partial charge in [-0.3, -0.25) is 15.4 Å². The van der Waals surface area contributed by atoms with Crippen LogP contribution in [0, 0.1) is 0 Å². The number of amides is 3. The zero-order valence-electron chi connectivity index (χ0n) is 8.53. The normalized spacial score (nSPS) is 45.9. The van der Waals surface area contributed by atoms with Gasteiger partial charge in [0, 0.05) is 0 Å². The van der Waals surface area contributed by atoms with Gasteiger partial charge in [-0.25, -0.2) is 4.79 Å². The Hall–Kier alpha value is -1.26. The Kier molecular flexibility index (Phi) is 2.79. The largest absolute Gasteiger partial charge is 0.394 e. The van der Waals surface area contributed by atoms with Gasteiger partial charge in [0.05, 0.1) is 6.61 Å². The number of nitrogens with one attached hydrogen (secondary N) is 2. The van der Waals surface area contributed by atoms with Crippen LogP contribution in [-0.4, -0.2) is 69.1 Å². The maximum absolute atomic E-state index is 11.5. The van der Waals surface area contributed by atoms with Crippen molar-refractivity contribution in [2.75, 3.05) is 6.61 Å². The van der Waals surface area contributed by atoms with Crippen molar-refractivity contribution in [2.45, 2.75) is 30.1 Å². The molecule has 2 fully saturated rings. The summed E-state index contributed by atoms with van der Waals surface area (Å²) in [6.07, 6.45) is -6.43. The lowest BCUT2D eigenvalue weighted by Crippen LogP contribution is -2.71. The molecule has 0 bridgehead atoms. The van der Waals surface area contributed by atoms with Crippen LogP contribution in [0.1, 0.15) is 0 Å². The first kappa shape index (κ1) is 12.2. The molecule has 6 N–H and O–H groups in total. The molecular weight excluding hydrogens is 236 g/mol. The molecule has 2 heterocycles. The number of aliphatic hydroxyl groups is 4. The third-order valence-corrected chi connectivity index (χ3v) is 2.85. The Morgan fingerprint density at radius 2 is 1.88 bits per heavy atom. The van der Waals surface area contributed by atoms with Crippen LogP contribution in [0.5, 0.6) is 0 Å². The Bertz CT molecular complexity index is 360. The molecule has 0 aromatic rings. The Morgan fingerprint density at radius 3 is 2.35 bits per heavy atom. The summed E-state index contributed by atoms with van der Waals surface area (Å²) in [5.74, 6) is -0.987. The topological polar surface area (TPSA) is 148 Å². The van der Waals surface area contributed by atoms with Crippen LogP contribution < -0.4 is 10.6 Å². The lowest BCUT2D eigenvalue weighted by Gasteiger charge is -2.44. The van der Waals surface area contributed by atoms with Crippen molar-refractivity contribution in [1.82, 2.24) is 10.6 Å². The number of hydrogen-bond acceptors (Lipinski definition) is 7. The van der Waals surface area contributed by atoms with E-state index in [1.807, 2.05) is 10.6 Å². The molecular formula is C8H12N2O7. The second-order valence-corrected chi connectivity index (χ2v) is 3.91. The predicted octanol–water partition coefficient (Wildman–Crippen LogP) is -4.00. The second kappa shape index (κ2) is 3.89. The quantitative estimate of drug-likeness (QED) is 0.259. The highest BCUT2D eigenvalue weighted by Gasteiger charge is 2.61. The molecule has 2 aliphatic rings. The summed E-state index contributed by atoms with van der Waals surface area (Å²) in [6.45, 7) is -0.685. The molecule has 0 aromatic heterocycles. The SMILES string of the molecule is O=C1NC(=O)[C@]2(N1)O[C@H](CO)[C@H](O)[C@H](O)[C@H]2O. The fraction of sp³-hybridized carbons (Fsp3) is 0.750. The minimum atomic E-state index is -2.18. The fourth-order valence-corrected chi connectivity index (χ4v) is 1.91.